The van der Waals surface area contributed by atoms with Crippen LogP contribution < -0.4 is 30.7 Å². The Morgan fingerprint density at radius 3 is 1.47 bits per heavy atom. The molecule has 10 nitrogen and oxygen atoms in total. The van der Waals surface area contributed by atoms with Crippen molar-refractivity contribution in [1.82, 2.24) is 10.6 Å². The average molecular weight is 603 g/mol. The van der Waals surface area contributed by atoms with E-state index in [1.165, 1.54) is 0 Å². The topological polar surface area (TPSA) is 125 Å². The van der Waals surface area contributed by atoms with Crippen molar-refractivity contribution in [2.24, 2.45) is 9.98 Å². The number of nitrogens with one attached hydrogen (secondary N) is 4. The van der Waals surface area contributed by atoms with Gasteiger partial charge in [-0.1, -0.05) is 24.3 Å². The molecule has 0 aromatic heterocycles. The van der Waals surface area contributed by atoms with E-state index in [1.807, 2.05) is 48.5 Å². The summed E-state index contributed by atoms with van der Waals surface area (Å²) in [4.78, 5) is 34.4. The van der Waals surface area contributed by atoms with Crippen LogP contribution in [-0.2, 0) is 0 Å². The minimum atomic E-state index is -0.196. The third kappa shape index (κ3) is 7.85. The summed E-state index contributed by atoms with van der Waals surface area (Å²) in [6, 6.07) is 29.3. The van der Waals surface area contributed by atoms with Gasteiger partial charge in [0.2, 0.25) is 0 Å². The van der Waals surface area contributed by atoms with Crippen LogP contribution in [0, 0.1) is 0 Å². The van der Waals surface area contributed by atoms with Crippen molar-refractivity contribution >= 4 is 34.9 Å². The van der Waals surface area contributed by atoms with Gasteiger partial charge in [0.1, 0.15) is 23.2 Å². The number of benzene rings is 4. The minimum Gasteiger partial charge on any atom is -0.493 e. The van der Waals surface area contributed by atoms with Crippen LogP contribution in [0.3, 0.4) is 0 Å². The molecule has 4 N–H and O–H groups in total. The lowest BCUT2D eigenvalue weighted by molar-refractivity contribution is 0.101. The molecule has 0 saturated heterocycles. The van der Waals surface area contributed by atoms with Gasteiger partial charge in [-0.25, -0.2) is 0 Å². The molecule has 2 aliphatic rings. The lowest BCUT2D eigenvalue weighted by Crippen LogP contribution is -2.19. The Labute approximate surface area is 261 Å². The van der Waals surface area contributed by atoms with Gasteiger partial charge >= 0.3 is 0 Å². The standard InChI is InChI=1S/C35H34N6O4/c42-34(40-28-6-1-4-26(22-28)32-36-16-17-37-32)24-8-12-30(13-9-24)44-20-3-21-45-31-14-10-25(11-15-31)35(43)41-29-7-2-5-27(23-29)33-38-18-19-39-33/h1-2,4-15,22-23H,3,16-21H2,(H,36,37)(H,38,39)(H,40,42)(H,41,43). The van der Waals surface area contributed by atoms with Crippen molar-refractivity contribution < 1.29 is 19.1 Å². The van der Waals surface area contributed by atoms with E-state index in [9.17, 15) is 9.59 Å². The molecule has 10 heteroatoms. The molecule has 45 heavy (non-hydrogen) atoms. The zero-order valence-corrected chi connectivity index (χ0v) is 24.7. The lowest BCUT2D eigenvalue weighted by Gasteiger charge is -2.10. The molecule has 0 aliphatic carbocycles. The lowest BCUT2D eigenvalue weighted by atomic mass is 10.1. The van der Waals surface area contributed by atoms with Gasteiger partial charge in [0.15, 0.2) is 0 Å². The summed E-state index contributed by atoms with van der Waals surface area (Å²) < 4.78 is 11.6. The number of hydrogen-bond acceptors (Lipinski definition) is 8. The van der Waals surface area contributed by atoms with Gasteiger partial charge in [-0.05, 0) is 72.8 Å². The number of carbonyl (C=O) groups excluding carboxylic acids is 2. The van der Waals surface area contributed by atoms with Gasteiger partial charge in [0.25, 0.3) is 11.8 Å². The molecular weight excluding hydrogens is 568 g/mol. The van der Waals surface area contributed by atoms with Crippen LogP contribution in [-0.4, -0.2) is 62.9 Å². The van der Waals surface area contributed by atoms with Crippen LogP contribution in [0.5, 0.6) is 11.5 Å². The smallest absolute Gasteiger partial charge is 0.255 e. The molecule has 0 saturated carbocycles. The molecule has 0 spiro atoms. The Bertz CT molecular complexity index is 1590. The van der Waals surface area contributed by atoms with Gasteiger partial charge in [0, 0.05) is 53.1 Å². The molecule has 0 bridgehead atoms. The van der Waals surface area contributed by atoms with Crippen LogP contribution in [0.15, 0.2) is 107 Å². The van der Waals surface area contributed by atoms with Gasteiger partial charge in [0.05, 0.1) is 26.3 Å². The summed E-state index contributed by atoms with van der Waals surface area (Å²) in [5.74, 6) is 2.65. The molecule has 0 unspecified atom stereocenters. The summed E-state index contributed by atoms with van der Waals surface area (Å²) in [5, 5.41) is 12.4. The molecule has 228 valence electrons. The highest BCUT2D eigenvalue weighted by Crippen LogP contribution is 2.18. The van der Waals surface area contributed by atoms with Crippen molar-refractivity contribution in [2.75, 3.05) is 50.0 Å². The molecular formula is C35H34N6O4. The second kappa shape index (κ2) is 14.2. The van der Waals surface area contributed by atoms with E-state index in [-0.39, 0.29) is 11.8 Å². The fourth-order valence-corrected chi connectivity index (χ4v) is 4.92. The first-order valence-electron chi connectivity index (χ1n) is 15.0. The number of anilines is 2. The molecule has 4 aromatic rings. The van der Waals surface area contributed by atoms with Crippen LogP contribution in [0.2, 0.25) is 0 Å². The normalized spacial score (nSPS) is 13.6. The zero-order valence-electron chi connectivity index (χ0n) is 24.7. The first-order chi connectivity index (χ1) is 22.1. The molecule has 0 fully saturated rings. The first-order valence-corrected chi connectivity index (χ1v) is 15.0. The number of nitrogens with zero attached hydrogens (tertiary/aromatic N) is 2. The number of ether oxygens (including phenoxy) is 2. The molecule has 2 aliphatic heterocycles. The number of amides is 2. The second-order valence-corrected chi connectivity index (χ2v) is 10.5. The van der Waals surface area contributed by atoms with Crippen molar-refractivity contribution in [3.8, 4) is 11.5 Å². The van der Waals surface area contributed by atoms with Crippen LogP contribution in [0.4, 0.5) is 11.4 Å². The molecule has 4 aromatic carbocycles. The van der Waals surface area contributed by atoms with Crippen molar-refractivity contribution in [3.63, 3.8) is 0 Å². The maximum absolute atomic E-state index is 12.7. The Hall–Kier alpha value is -5.64. The third-order valence-corrected chi connectivity index (χ3v) is 7.20. The highest BCUT2D eigenvalue weighted by Gasteiger charge is 2.12. The van der Waals surface area contributed by atoms with Crippen LogP contribution in [0.25, 0.3) is 0 Å². The second-order valence-electron chi connectivity index (χ2n) is 10.5. The molecule has 2 heterocycles. The highest BCUT2D eigenvalue weighted by atomic mass is 16.5. The first kappa shape index (κ1) is 29.4. The molecule has 6 rings (SSSR count). The third-order valence-electron chi connectivity index (χ3n) is 7.20. The quantitative estimate of drug-likeness (QED) is 0.174. The minimum absolute atomic E-state index is 0.196. The van der Waals surface area contributed by atoms with Gasteiger partial charge in [-0.15, -0.1) is 0 Å². The number of amidine groups is 2. The Kier molecular flexibility index (Phi) is 9.30. The molecule has 0 atom stereocenters. The summed E-state index contributed by atoms with van der Waals surface area (Å²) in [6.07, 6.45) is 0.664. The largest absolute Gasteiger partial charge is 0.493 e. The fourth-order valence-electron chi connectivity index (χ4n) is 4.92. The van der Waals surface area contributed by atoms with E-state index in [4.69, 9.17) is 9.47 Å². The van der Waals surface area contributed by atoms with Gasteiger partial charge in [-0.3, -0.25) is 19.6 Å². The highest BCUT2D eigenvalue weighted by molar-refractivity contribution is 6.07. The SMILES string of the molecule is O=C(Nc1cccc(C2=NCCN2)c1)c1ccc(OCCCOc2ccc(C(=O)Nc3cccc(C4=NCCN4)c3)cc2)cc1. The molecule has 0 radical (unpaired) electrons. The van der Waals surface area contributed by atoms with Crippen LogP contribution >= 0.6 is 0 Å². The Balaban J connectivity index is 0.909. The summed E-state index contributed by atoms with van der Waals surface area (Å²) in [7, 11) is 0. The number of rotatable bonds is 12. The van der Waals surface area contributed by atoms with E-state index in [1.54, 1.807) is 48.5 Å². The van der Waals surface area contributed by atoms with E-state index >= 15 is 0 Å². The summed E-state index contributed by atoms with van der Waals surface area (Å²) in [5.41, 5.74) is 4.39. The van der Waals surface area contributed by atoms with Crippen molar-refractivity contribution in [3.05, 3.63) is 119 Å². The zero-order chi connectivity index (χ0) is 30.8. The van der Waals surface area contributed by atoms with Crippen molar-refractivity contribution in [1.29, 1.82) is 0 Å². The number of aliphatic imine (C=N–C) groups is 2. The van der Waals surface area contributed by atoms with Crippen LogP contribution in [0.1, 0.15) is 38.3 Å². The number of hydrogen-bond donors (Lipinski definition) is 4. The predicted molar refractivity (Wildman–Crippen MR) is 176 cm³/mol. The maximum atomic E-state index is 12.7. The Morgan fingerprint density at radius 2 is 1.07 bits per heavy atom. The average Bonchev–Trinajstić information content (AvgIpc) is 3.81. The van der Waals surface area contributed by atoms with Gasteiger partial charge < -0.3 is 30.7 Å². The van der Waals surface area contributed by atoms with E-state index in [2.05, 4.69) is 31.3 Å². The fraction of sp³-hybridized carbons (Fsp3) is 0.200. The van der Waals surface area contributed by atoms with Gasteiger partial charge in [-0.2, -0.15) is 0 Å². The van der Waals surface area contributed by atoms with Crippen molar-refractivity contribution in [2.45, 2.75) is 6.42 Å². The summed E-state index contributed by atoms with van der Waals surface area (Å²) in [6.45, 7) is 4.09. The molecule has 2 amide bonds. The number of carbonyl (C=O) groups is 2. The monoisotopic (exact) mass is 602 g/mol. The predicted octanol–water partition coefficient (Wildman–Crippen LogP) is 4.74. The maximum Gasteiger partial charge on any atom is 0.255 e. The van der Waals surface area contributed by atoms with E-state index in [0.29, 0.717) is 53.6 Å². The van der Waals surface area contributed by atoms with E-state index < -0.39 is 0 Å². The van der Waals surface area contributed by atoms with E-state index in [0.717, 1.165) is 49.0 Å². The Morgan fingerprint density at radius 1 is 0.622 bits per heavy atom. The summed E-state index contributed by atoms with van der Waals surface area (Å²) >= 11 is 0.